The fourth-order valence-electron chi connectivity index (χ4n) is 1.60. The molecule has 0 spiro atoms. The molecule has 0 aromatic carbocycles. The quantitative estimate of drug-likeness (QED) is 0.764. The zero-order valence-electron chi connectivity index (χ0n) is 7.82. The van der Waals surface area contributed by atoms with Crippen LogP contribution in [-0.4, -0.2) is 4.98 Å². The minimum Gasteiger partial charge on any atom is -0.324 e. The first-order valence-electron chi connectivity index (χ1n) is 5.02. The highest BCUT2D eigenvalue weighted by Gasteiger charge is 2.21. The second-order valence-electron chi connectivity index (χ2n) is 3.91. The molecule has 0 aliphatic heterocycles. The van der Waals surface area contributed by atoms with Gasteiger partial charge in [0.2, 0.25) is 0 Å². The zero-order valence-corrected chi connectivity index (χ0v) is 7.82. The number of rotatable bonds is 4. The molecule has 2 N–H and O–H groups in total. The van der Waals surface area contributed by atoms with Crippen LogP contribution in [0.15, 0.2) is 24.5 Å². The Hall–Kier alpha value is -0.890. The Balaban J connectivity index is 1.85. The van der Waals surface area contributed by atoms with Gasteiger partial charge in [-0.3, -0.25) is 4.98 Å². The van der Waals surface area contributed by atoms with Gasteiger partial charge in [0.15, 0.2) is 0 Å². The van der Waals surface area contributed by atoms with Gasteiger partial charge in [-0.05, 0) is 36.5 Å². The standard InChI is InChI=1S/C11H16N2/c12-11(4-3-9-1-2-9)10-5-7-13-8-6-10/h5-9,11H,1-4,12H2. The SMILES string of the molecule is NC(CCC1CC1)c1ccncc1. The lowest BCUT2D eigenvalue weighted by Crippen LogP contribution is -2.10. The summed E-state index contributed by atoms with van der Waals surface area (Å²) in [5.74, 6) is 0.980. The van der Waals surface area contributed by atoms with Crippen LogP contribution < -0.4 is 5.73 Å². The van der Waals surface area contributed by atoms with E-state index in [2.05, 4.69) is 4.98 Å². The van der Waals surface area contributed by atoms with E-state index < -0.39 is 0 Å². The summed E-state index contributed by atoms with van der Waals surface area (Å²) < 4.78 is 0. The fraction of sp³-hybridized carbons (Fsp3) is 0.545. The van der Waals surface area contributed by atoms with Crippen LogP contribution in [0.1, 0.15) is 37.3 Å². The molecule has 1 aromatic heterocycles. The van der Waals surface area contributed by atoms with E-state index in [0.717, 1.165) is 12.3 Å². The molecule has 1 atom stereocenters. The molecule has 0 amide bonds. The minimum atomic E-state index is 0.212. The van der Waals surface area contributed by atoms with E-state index in [1.165, 1.54) is 24.8 Å². The molecule has 70 valence electrons. The van der Waals surface area contributed by atoms with Crippen LogP contribution in [-0.2, 0) is 0 Å². The molecule has 13 heavy (non-hydrogen) atoms. The van der Waals surface area contributed by atoms with Crippen LogP contribution in [0, 0.1) is 5.92 Å². The van der Waals surface area contributed by atoms with Crippen molar-refractivity contribution < 1.29 is 0 Å². The summed E-state index contributed by atoms with van der Waals surface area (Å²) >= 11 is 0. The number of hydrogen-bond donors (Lipinski definition) is 1. The van der Waals surface area contributed by atoms with Gasteiger partial charge in [-0.2, -0.15) is 0 Å². The Bertz CT molecular complexity index is 254. The van der Waals surface area contributed by atoms with Crippen molar-refractivity contribution in [3.8, 4) is 0 Å². The average molecular weight is 176 g/mol. The molecular weight excluding hydrogens is 160 g/mol. The Morgan fingerprint density at radius 3 is 2.69 bits per heavy atom. The van der Waals surface area contributed by atoms with Crippen molar-refractivity contribution in [1.82, 2.24) is 4.98 Å². The van der Waals surface area contributed by atoms with Crippen molar-refractivity contribution in [2.24, 2.45) is 11.7 Å². The minimum absolute atomic E-state index is 0.212. The molecule has 0 bridgehead atoms. The summed E-state index contributed by atoms with van der Waals surface area (Å²) in [4.78, 5) is 3.98. The highest BCUT2D eigenvalue weighted by Crippen LogP contribution is 2.35. The maximum atomic E-state index is 6.04. The van der Waals surface area contributed by atoms with E-state index in [0.29, 0.717) is 0 Å². The molecule has 2 nitrogen and oxygen atoms in total. The monoisotopic (exact) mass is 176 g/mol. The van der Waals surface area contributed by atoms with E-state index >= 15 is 0 Å². The predicted molar refractivity (Wildman–Crippen MR) is 53.1 cm³/mol. The van der Waals surface area contributed by atoms with E-state index in [-0.39, 0.29) is 6.04 Å². The van der Waals surface area contributed by atoms with E-state index in [1.54, 1.807) is 0 Å². The van der Waals surface area contributed by atoms with Crippen molar-refractivity contribution in [2.45, 2.75) is 31.7 Å². The smallest absolute Gasteiger partial charge is 0.0296 e. The maximum Gasteiger partial charge on any atom is 0.0296 e. The summed E-state index contributed by atoms with van der Waals surface area (Å²) in [6.07, 6.45) is 8.88. The van der Waals surface area contributed by atoms with Crippen molar-refractivity contribution in [3.05, 3.63) is 30.1 Å². The number of aromatic nitrogens is 1. The van der Waals surface area contributed by atoms with Gasteiger partial charge in [-0.1, -0.05) is 12.8 Å². The van der Waals surface area contributed by atoms with Crippen LogP contribution in [0.25, 0.3) is 0 Å². The average Bonchev–Trinajstić information content (AvgIpc) is 2.99. The van der Waals surface area contributed by atoms with Crippen LogP contribution in [0.3, 0.4) is 0 Å². The molecule has 1 aliphatic rings. The zero-order chi connectivity index (χ0) is 9.10. The summed E-state index contributed by atoms with van der Waals surface area (Å²) in [6.45, 7) is 0. The fourth-order valence-corrected chi connectivity index (χ4v) is 1.60. The lowest BCUT2D eigenvalue weighted by molar-refractivity contribution is 0.575. The van der Waals surface area contributed by atoms with Gasteiger partial charge >= 0.3 is 0 Å². The molecule has 1 aliphatic carbocycles. The van der Waals surface area contributed by atoms with Crippen LogP contribution in [0.5, 0.6) is 0 Å². The van der Waals surface area contributed by atoms with Crippen molar-refractivity contribution in [2.75, 3.05) is 0 Å². The van der Waals surface area contributed by atoms with Crippen LogP contribution >= 0.6 is 0 Å². The largest absolute Gasteiger partial charge is 0.324 e. The van der Waals surface area contributed by atoms with Gasteiger partial charge in [0.1, 0.15) is 0 Å². The van der Waals surface area contributed by atoms with Gasteiger partial charge in [-0.15, -0.1) is 0 Å². The second kappa shape index (κ2) is 3.88. The summed E-state index contributed by atoms with van der Waals surface area (Å²) in [7, 11) is 0. The normalized spacial score (nSPS) is 18.5. The van der Waals surface area contributed by atoms with E-state index in [1.807, 2.05) is 24.5 Å². The molecule has 0 radical (unpaired) electrons. The molecule has 1 aromatic rings. The summed E-state index contributed by atoms with van der Waals surface area (Å²) in [6, 6.07) is 4.23. The Morgan fingerprint density at radius 2 is 2.08 bits per heavy atom. The number of nitrogens with two attached hydrogens (primary N) is 1. The molecule has 2 heteroatoms. The molecule has 1 unspecified atom stereocenters. The Labute approximate surface area is 79.2 Å². The molecule has 1 heterocycles. The predicted octanol–water partition coefficient (Wildman–Crippen LogP) is 2.27. The molecule has 1 fully saturated rings. The van der Waals surface area contributed by atoms with E-state index in [9.17, 15) is 0 Å². The first-order chi connectivity index (χ1) is 6.36. The Morgan fingerprint density at radius 1 is 1.38 bits per heavy atom. The number of nitrogens with zero attached hydrogens (tertiary/aromatic N) is 1. The number of hydrogen-bond acceptors (Lipinski definition) is 2. The first-order valence-corrected chi connectivity index (χ1v) is 5.02. The van der Waals surface area contributed by atoms with Crippen molar-refractivity contribution >= 4 is 0 Å². The summed E-state index contributed by atoms with van der Waals surface area (Å²) in [5.41, 5.74) is 7.26. The lowest BCUT2D eigenvalue weighted by Gasteiger charge is -2.10. The van der Waals surface area contributed by atoms with Crippen molar-refractivity contribution in [1.29, 1.82) is 0 Å². The highest BCUT2D eigenvalue weighted by molar-refractivity contribution is 5.14. The van der Waals surface area contributed by atoms with Gasteiger partial charge in [0.25, 0.3) is 0 Å². The van der Waals surface area contributed by atoms with Crippen molar-refractivity contribution in [3.63, 3.8) is 0 Å². The Kier molecular flexibility index (Phi) is 2.60. The third-order valence-electron chi connectivity index (χ3n) is 2.72. The van der Waals surface area contributed by atoms with Gasteiger partial charge < -0.3 is 5.73 Å². The number of pyridine rings is 1. The third-order valence-corrected chi connectivity index (χ3v) is 2.72. The van der Waals surface area contributed by atoms with E-state index in [4.69, 9.17) is 5.73 Å². The third kappa shape index (κ3) is 2.52. The van der Waals surface area contributed by atoms with Crippen LogP contribution in [0.4, 0.5) is 0 Å². The molecule has 0 saturated heterocycles. The first kappa shape index (κ1) is 8.70. The second-order valence-corrected chi connectivity index (χ2v) is 3.91. The van der Waals surface area contributed by atoms with Crippen LogP contribution in [0.2, 0.25) is 0 Å². The topological polar surface area (TPSA) is 38.9 Å². The molecule has 2 rings (SSSR count). The summed E-state index contributed by atoms with van der Waals surface area (Å²) in [5, 5.41) is 0. The maximum absolute atomic E-state index is 6.04. The van der Waals surface area contributed by atoms with Gasteiger partial charge in [0.05, 0.1) is 0 Å². The lowest BCUT2D eigenvalue weighted by atomic mass is 10.0. The molecule has 1 saturated carbocycles. The highest BCUT2D eigenvalue weighted by atomic mass is 14.7. The van der Waals surface area contributed by atoms with Gasteiger partial charge in [0, 0.05) is 18.4 Å². The van der Waals surface area contributed by atoms with Gasteiger partial charge in [-0.25, -0.2) is 0 Å². The molecular formula is C11H16N2.